The summed E-state index contributed by atoms with van der Waals surface area (Å²) in [5.41, 5.74) is 0.686. The van der Waals surface area contributed by atoms with Crippen molar-refractivity contribution in [2.75, 3.05) is 19.4 Å². The Bertz CT molecular complexity index is 780. The highest BCUT2D eigenvalue weighted by Gasteiger charge is 2.26. The highest BCUT2D eigenvalue weighted by Crippen LogP contribution is 2.31. The van der Waals surface area contributed by atoms with Gasteiger partial charge in [-0.15, -0.1) is 5.10 Å². The summed E-state index contributed by atoms with van der Waals surface area (Å²) in [6, 6.07) is 5.19. The molecule has 0 radical (unpaired) electrons. The van der Waals surface area contributed by atoms with Crippen LogP contribution in [-0.2, 0) is 9.59 Å². The number of hydrogen-bond donors (Lipinski definition) is 1. The minimum absolute atomic E-state index is 0.111. The third-order valence-corrected chi connectivity index (χ3v) is 4.65. The lowest BCUT2D eigenvalue weighted by atomic mass is 10.2. The SMILES string of the molecule is COc1ccc(Cl)cc1-c1nc(SCC(=O)N2CCCC2=O)n[nH]1. The summed E-state index contributed by atoms with van der Waals surface area (Å²) in [4.78, 5) is 29.2. The maximum atomic E-state index is 12.0. The number of amides is 2. The van der Waals surface area contributed by atoms with Crippen molar-refractivity contribution in [1.82, 2.24) is 20.1 Å². The number of likely N-dealkylation sites (tertiary alicyclic amines) is 1. The monoisotopic (exact) mass is 366 g/mol. The smallest absolute Gasteiger partial charge is 0.239 e. The topological polar surface area (TPSA) is 88.2 Å². The number of rotatable bonds is 5. The Hall–Kier alpha value is -2.06. The first-order valence-corrected chi connectivity index (χ1v) is 8.67. The van der Waals surface area contributed by atoms with Crippen LogP contribution in [0.25, 0.3) is 11.4 Å². The zero-order chi connectivity index (χ0) is 17.1. The zero-order valence-electron chi connectivity index (χ0n) is 12.9. The third-order valence-electron chi connectivity index (χ3n) is 3.58. The first-order chi connectivity index (χ1) is 11.6. The molecule has 1 aromatic heterocycles. The maximum Gasteiger partial charge on any atom is 0.239 e. The van der Waals surface area contributed by atoms with Gasteiger partial charge in [0.2, 0.25) is 17.0 Å². The van der Waals surface area contributed by atoms with E-state index in [0.717, 1.165) is 6.42 Å². The van der Waals surface area contributed by atoms with Crippen molar-refractivity contribution in [3.8, 4) is 17.1 Å². The van der Waals surface area contributed by atoms with Crippen molar-refractivity contribution in [2.45, 2.75) is 18.0 Å². The van der Waals surface area contributed by atoms with Crippen LogP contribution >= 0.6 is 23.4 Å². The lowest BCUT2D eigenvalue weighted by Crippen LogP contribution is -2.33. The van der Waals surface area contributed by atoms with Crippen molar-refractivity contribution in [3.63, 3.8) is 0 Å². The molecule has 0 spiro atoms. The first kappa shape index (κ1) is 16.8. The molecule has 1 aliphatic heterocycles. The van der Waals surface area contributed by atoms with Crippen LogP contribution in [-0.4, -0.2) is 51.3 Å². The molecule has 126 valence electrons. The summed E-state index contributed by atoms with van der Waals surface area (Å²) >= 11 is 7.19. The Kier molecular flexibility index (Phi) is 5.06. The predicted octanol–water partition coefficient (Wildman–Crippen LogP) is 2.37. The fourth-order valence-electron chi connectivity index (χ4n) is 2.41. The number of nitrogens with zero attached hydrogens (tertiary/aromatic N) is 3. The van der Waals surface area contributed by atoms with E-state index in [0.29, 0.717) is 40.3 Å². The molecule has 0 bridgehead atoms. The number of benzene rings is 1. The molecule has 3 rings (SSSR count). The van der Waals surface area contributed by atoms with E-state index in [-0.39, 0.29) is 17.6 Å². The van der Waals surface area contributed by atoms with Gasteiger partial charge >= 0.3 is 0 Å². The van der Waals surface area contributed by atoms with Gasteiger partial charge < -0.3 is 4.74 Å². The Morgan fingerprint density at radius 2 is 2.33 bits per heavy atom. The van der Waals surface area contributed by atoms with E-state index >= 15 is 0 Å². The molecule has 7 nitrogen and oxygen atoms in total. The van der Waals surface area contributed by atoms with E-state index in [1.807, 2.05) is 0 Å². The standard InChI is InChI=1S/C15H15ClN4O3S/c1-23-11-5-4-9(16)7-10(11)14-17-15(19-18-14)24-8-13(22)20-6-2-3-12(20)21/h4-5,7H,2-3,6,8H2,1H3,(H,17,18,19). The molecule has 0 atom stereocenters. The molecule has 24 heavy (non-hydrogen) atoms. The van der Waals surface area contributed by atoms with E-state index in [1.165, 1.54) is 16.7 Å². The number of hydrogen-bond acceptors (Lipinski definition) is 6. The minimum Gasteiger partial charge on any atom is -0.496 e. The number of nitrogens with one attached hydrogen (secondary N) is 1. The largest absolute Gasteiger partial charge is 0.496 e. The molecule has 1 fully saturated rings. The van der Waals surface area contributed by atoms with Gasteiger partial charge in [0.05, 0.1) is 18.4 Å². The molecule has 1 saturated heterocycles. The number of methoxy groups -OCH3 is 1. The number of halogens is 1. The minimum atomic E-state index is -0.214. The molecule has 1 aliphatic rings. The summed E-state index contributed by atoms with van der Waals surface area (Å²) in [5.74, 6) is 0.914. The second-order valence-corrected chi connectivity index (χ2v) is 6.52. The van der Waals surface area contributed by atoms with Crippen molar-refractivity contribution in [2.24, 2.45) is 0 Å². The Labute approximate surface area is 147 Å². The Morgan fingerprint density at radius 3 is 3.04 bits per heavy atom. The van der Waals surface area contributed by atoms with Gasteiger partial charge in [0, 0.05) is 18.0 Å². The normalized spacial score (nSPS) is 14.2. The molecule has 2 aromatic rings. The average Bonchev–Trinajstić information content (AvgIpc) is 3.21. The van der Waals surface area contributed by atoms with Gasteiger partial charge in [0.25, 0.3) is 0 Å². The molecule has 0 aliphatic carbocycles. The van der Waals surface area contributed by atoms with Crippen molar-refractivity contribution in [3.05, 3.63) is 23.2 Å². The number of aromatic nitrogens is 3. The van der Waals surface area contributed by atoms with E-state index in [4.69, 9.17) is 16.3 Å². The van der Waals surface area contributed by atoms with Crippen LogP contribution in [0, 0.1) is 0 Å². The van der Waals surface area contributed by atoms with Crippen LogP contribution in [0.3, 0.4) is 0 Å². The number of ether oxygens (including phenoxy) is 1. The first-order valence-electron chi connectivity index (χ1n) is 7.31. The van der Waals surface area contributed by atoms with Gasteiger partial charge in [0.15, 0.2) is 5.82 Å². The zero-order valence-corrected chi connectivity index (χ0v) is 14.5. The Morgan fingerprint density at radius 1 is 1.50 bits per heavy atom. The number of carbonyl (C=O) groups is 2. The van der Waals surface area contributed by atoms with E-state index < -0.39 is 0 Å². The van der Waals surface area contributed by atoms with Gasteiger partial charge in [-0.3, -0.25) is 19.6 Å². The van der Waals surface area contributed by atoms with Crippen LogP contribution in [0.5, 0.6) is 5.75 Å². The molecule has 2 amide bonds. The van der Waals surface area contributed by atoms with E-state index in [1.54, 1.807) is 25.3 Å². The molecule has 1 aromatic carbocycles. The van der Waals surface area contributed by atoms with Crippen molar-refractivity contribution < 1.29 is 14.3 Å². The van der Waals surface area contributed by atoms with Crippen LogP contribution in [0.1, 0.15) is 12.8 Å². The van der Waals surface area contributed by atoms with Crippen molar-refractivity contribution >= 4 is 35.2 Å². The van der Waals surface area contributed by atoms with Crippen molar-refractivity contribution in [1.29, 1.82) is 0 Å². The Balaban J connectivity index is 1.69. The lowest BCUT2D eigenvalue weighted by Gasteiger charge is -2.11. The summed E-state index contributed by atoms with van der Waals surface area (Å²) in [6.07, 6.45) is 1.17. The molecular weight excluding hydrogens is 352 g/mol. The van der Waals surface area contributed by atoms with Crippen LogP contribution < -0.4 is 4.74 Å². The van der Waals surface area contributed by atoms with Gasteiger partial charge in [-0.1, -0.05) is 23.4 Å². The van der Waals surface area contributed by atoms with E-state index in [9.17, 15) is 9.59 Å². The fourth-order valence-corrected chi connectivity index (χ4v) is 3.26. The van der Waals surface area contributed by atoms with Crippen LogP contribution in [0.2, 0.25) is 5.02 Å². The number of carbonyl (C=O) groups excluding carboxylic acids is 2. The van der Waals surface area contributed by atoms with Crippen LogP contribution in [0.4, 0.5) is 0 Å². The average molecular weight is 367 g/mol. The maximum absolute atomic E-state index is 12.0. The third kappa shape index (κ3) is 3.54. The second kappa shape index (κ2) is 7.23. The number of thioether (sulfide) groups is 1. The molecule has 2 heterocycles. The van der Waals surface area contributed by atoms with Gasteiger partial charge in [-0.25, -0.2) is 4.98 Å². The quantitative estimate of drug-likeness (QED) is 0.817. The summed E-state index contributed by atoms with van der Waals surface area (Å²) in [7, 11) is 1.56. The summed E-state index contributed by atoms with van der Waals surface area (Å²) in [6.45, 7) is 0.497. The lowest BCUT2D eigenvalue weighted by molar-refractivity contribution is -0.140. The summed E-state index contributed by atoms with van der Waals surface area (Å²) < 4.78 is 5.29. The second-order valence-electron chi connectivity index (χ2n) is 5.14. The molecular formula is C15H15ClN4O3S. The molecule has 9 heteroatoms. The van der Waals surface area contributed by atoms with Gasteiger partial charge in [0.1, 0.15) is 5.75 Å². The number of aromatic amines is 1. The van der Waals surface area contributed by atoms with Gasteiger partial charge in [-0.05, 0) is 24.6 Å². The predicted molar refractivity (Wildman–Crippen MR) is 90.1 cm³/mol. The highest BCUT2D eigenvalue weighted by molar-refractivity contribution is 7.99. The summed E-state index contributed by atoms with van der Waals surface area (Å²) in [5, 5.41) is 7.88. The number of H-pyrrole nitrogens is 1. The van der Waals surface area contributed by atoms with E-state index in [2.05, 4.69) is 15.2 Å². The fraction of sp³-hybridized carbons (Fsp3) is 0.333. The molecule has 0 unspecified atom stereocenters. The number of imide groups is 1. The molecule has 1 N–H and O–H groups in total. The van der Waals surface area contributed by atoms with Gasteiger partial charge in [-0.2, -0.15) is 0 Å². The van der Waals surface area contributed by atoms with Crippen LogP contribution in [0.15, 0.2) is 23.4 Å². The highest BCUT2D eigenvalue weighted by atomic mass is 35.5. The molecule has 0 saturated carbocycles.